The van der Waals surface area contributed by atoms with Gasteiger partial charge in [-0.25, -0.2) is 0 Å². The third-order valence-corrected chi connectivity index (χ3v) is 4.20. The van der Waals surface area contributed by atoms with Gasteiger partial charge in [0.25, 0.3) is 5.69 Å². The largest absolute Gasteiger partial charge is 0.388 e. The zero-order valence-electron chi connectivity index (χ0n) is 10.1. The van der Waals surface area contributed by atoms with E-state index in [9.17, 15) is 10.1 Å². The van der Waals surface area contributed by atoms with Crippen molar-refractivity contribution in [2.24, 2.45) is 0 Å². The second kappa shape index (κ2) is 6.03. The normalized spacial score (nSPS) is 10.2. The Morgan fingerprint density at radius 1 is 1.32 bits per heavy atom. The number of rotatable bonds is 5. The van der Waals surface area contributed by atoms with Crippen LogP contribution in [0.4, 0.5) is 17.1 Å². The van der Waals surface area contributed by atoms with E-state index in [1.165, 1.54) is 12.1 Å². The molecule has 0 spiro atoms. The van der Waals surface area contributed by atoms with Crippen LogP contribution in [0.3, 0.4) is 0 Å². The van der Waals surface area contributed by atoms with E-state index in [0.717, 1.165) is 15.0 Å². The molecule has 0 saturated carbocycles. The van der Waals surface area contributed by atoms with E-state index < -0.39 is 4.92 Å². The Kier molecular flexibility index (Phi) is 4.39. The lowest BCUT2D eigenvalue weighted by Crippen LogP contribution is -2.00. The Balaban J connectivity index is 2.15. The van der Waals surface area contributed by atoms with Gasteiger partial charge in [-0.3, -0.25) is 10.1 Å². The number of nitrogens with one attached hydrogen (secondary N) is 2. The highest BCUT2D eigenvalue weighted by molar-refractivity contribution is 9.10. The molecule has 0 radical (unpaired) electrons. The fraction of sp³-hybridized carbons (Fsp3) is 0.167. The van der Waals surface area contributed by atoms with Gasteiger partial charge < -0.3 is 10.6 Å². The van der Waals surface area contributed by atoms with Gasteiger partial charge in [-0.2, -0.15) is 0 Å². The van der Waals surface area contributed by atoms with Crippen LogP contribution in [0, 0.1) is 10.1 Å². The summed E-state index contributed by atoms with van der Waals surface area (Å²) in [7, 11) is 1.74. The summed E-state index contributed by atoms with van der Waals surface area (Å²) >= 11 is 5.03. The number of non-ortho nitro benzene ring substituents is 1. The van der Waals surface area contributed by atoms with Crippen molar-refractivity contribution in [3.05, 3.63) is 49.1 Å². The molecule has 1 heterocycles. The third kappa shape index (κ3) is 3.68. The number of thiophene rings is 1. The van der Waals surface area contributed by atoms with Crippen LogP contribution in [-0.2, 0) is 6.54 Å². The molecule has 0 aliphatic rings. The third-order valence-electron chi connectivity index (χ3n) is 2.51. The molecule has 2 N–H and O–H groups in total. The zero-order chi connectivity index (χ0) is 13.8. The van der Waals surface area contributed by atoms with Crippen LogP contribution >= 0.6 is 27.3 Å². The lowest BCUT2D eigenvalue weighted by atomic mass is 10.2. The molecule has 0 saturated heterocycles. The summed E-state index contributed by atoms with van der Waals surface area (Å²) in [6, 6.07) is 6.90. The maximum Gasteiger partial charge on any atom is 0.273 e. The number of anilines is 2. The molecule has 0 atom stereocenters. The number of nitro groups is 1. The first-order chi connectivity index (χ1) is 9.08. The average Bonchev–Trinajstić information content (AvgIpc) is 2.81. The molecule has 2 aromatic rings. The van der Waals surface area contributed by atoms with Gasteiger partial charge in [-0.1, -0.05) is 0 Å². The Morgan fingerprint density at radius 2 is 2.05 bits per heavy atom. The highest BCUT2D eigenvalue weighted by Gasteiger charge is 2.09. The van der Waals surface area contributed by atoms with E-state index in [4.69, 9.17) is 0 Å². The molecular formula is C12H12BrN3O2S. The summed E-state index contributed by atoms with van der Waals surface area (Å²) in [6.45, 7) is 0.639. The van der Waals surface area contributed by atoms with E-state index in [2.05, 4.69) is 26.6 Å². The van der Waals surface area contributed by atoms with Crippen molar-refractivity contribution >= 4 is 44.3 Å². The van der Waals surface area contributed by atoms with Crippen LogP contribution < -0.4 is 10.6 Å². The molecule has 0 aliphatic heterocycles. The molecule has 0 fully saturated rings. The van der Waals surface area contributed by atoms with Gasteiger partial charge in [0.15, 0.2) is 0 Å². The molecule has 0 bridgehead atoms. The lowest BCUT2D eigenvalue weighted by molar-refractivity contribution is -0.384. The molecular weight excluding hydrogens is 330 g/mol. The van der Waals surface area contributed by atoms with Crippen molar-refractivity contribution in [3.8, 4) is 0 Å². The van der Waals surface area contributed by atoms with E-state index >= 15 is 0 Å². The first-order valence-corrected chi connectivity index (χ1v) is 7.20. The number of benzene rings is 1. The second-order valence-electron chi connectivity index (χ2n) is 3.86. The summed E-state index contributed by atoms with van der Waals surface area (Å²) in [6.07, 6.45) is 0. The quantitative estimate of drug-likeness (QED) is 0.635. The molecule has 100 valence electrons. The zero-order valence-corrected chi connectivity index (χ0v) is 12.5. The Hall–Kier alpha value is -1.60. The van der Waals surface area contributed by atoms with Crippen LogP contribution in [0.1, 0.15) is 4.88 Å². The molecule has 0 unspecified atom stereocenters. The average molecular weight is 342 g/mol. The topological polar surface area (TPSA) is 67.2 Å². The van der Waals surface area contributed by atoms with Gasteiger partial charge in [0, 0.05) is 51.8 Å². The standard InChI is InChI=1S/C12H12BrN3O2S/c1-14-9-3-10(5-11(4-9)16(17)18)15-6-12-2-8(13)7-19-12/h2-5,7,14-15H,6H2,1H3. The van der Waals surface area contributed by atoms with Gasteiger partial charge >= 0.3 is 0 Å². The summed E-state index contributed by atoms with van der Waals surface area (Å²) in [5.41, 5.74) is 1.51. The van der Waals surface area contributed by atoms with Crippen molar-refractivity contribution in [2.75, 3.05) is 17.7 Å². The summed E-state index contributed by atoms with van der Waals surface area (Å²) in [5.74, 6) is 0. The maximum atomic E-state index is 10.8. The molecule has 5 nitrogen and oxygen atoms in total. The predicted molar refractivity (Wildman–Crippen MR) is 82.0 cm³/mol. The molecule has 7 heteroatoms. The monoisotopic (exact) mass is 341 g/mol. The van der Waals surface area contributed by atoms with Gasteiger partial charge in [-0.05, 0) is 28.1 Å². The minimum absolute atomic E-state index is 0.0710. The molecule has 1 aromatic carbocycles. The van der Waals surface area contributed by atoms with Crippen LogP contribution in [0.2, 0.25) is 0 Å². The first kappa shape index (κ1) is 13.8. The fourth-order valence-electron chi connectivity index (χ4n) is 1.60. The molecule has 1 aromatic heterocycles. The van der Waals surface area contributed by atoms with E-state index in [-0.39, 0.29) is 5.69 Å². The number of nitrogens with zero attached hydrogens (tertiary/aromatic N) is 1. The Bertz CT molecular complexity index is 600. The van der Waals surface area contributed by atoms with Crippen molar-refractivity contribution in [3.63, 3.8) is 0 Å². The van der Waals surface area contributed by atoms with Crippen LogP contribution in [0.15, 0.2) is 34.1 Å². The van der Waals surface area contributed by atoms with E-state index in [0.29, 0.717) is 12.2 Å². The van der Waals surface area contributed by atoms with Gasteiger partial charge in [0.05, 0.1) is 4.92 Å². The van der Waals surface area contributed by atoms with Crippen molar-refractivity contribution in [2.45, 2.75) is 6.54 Å². The van der Waals surface area contributed by atoms with Crippen molar-refractivity contribution < 1.29 is 4.92 Å². The predicted octanol–water partition coefficient (Wildman–Crippen LogP) is 4.07. The lowest BCUT2D eigenvalue weighted by Gasteiger charge is -2.07. The molecule has 0 aliphatic carbocycles. The van der Waals surface area contributed by atoms with Crippen molar-refractivity contribution in [1.29, 1.82) is 0 Å². The summed E-state index contributed by atoms with van der Waals surface area (Å²) in [5, 5.41) is 19.0. The van der Waals surface area contributed by atoms with Crippen LogP contribution in [0.25, 0.3) is 0 Å². The van der Waals surface area contributed by atoms with Gasteiger partial charge in [-0.15, -0.1) is 11.3 Å². The van der Waals surface area contributed by atoms with Gasteiger partial charge in [0.1, 0.15) is 0 Å². The molecule has 0 amide bonds. The van der Waals surface area contributed by atoms with Crippen molar-refractivity contribution in [1.82, 2.24) is 0 Å². The van der Waals surface area contributed by atoms with Crippen LogP contribution in [-0.4, -0.2) is 12.0 Å². The highest BCUT2D eigenvalue weighted by Crippen LogP contribution is 2.25. The number of halogens is 1. The Morgan fingerprint density at radius 3 is 2.63 bits per heavy atom. The Labute approximate surface area is 122 Å². The number of hydrogen-bond donors (Lipinski definition) is 2. The minimum atomic E-state index is -0.395. The summed E-state index contributed by atoms with van der Waals surface area (Å²) in [4.78, 5) is 11.6. The molecule has 19 heavy (non-hydrogen) atoms. The highest BCUT2D eigenvalue weighted by atomic mass is 79.9. The molecule has 2 rings (SSSR count). The first-order valence-electron chi connectivity index (χ1n) is 5.52. The maximum absolute atomic E-state index is 10.8. The minimum Gasteiger partial charge on any atom is -0.388 e. The van der Waals surface area contributed by atoms with Crippen LogP contribution in [0.5, 0.6) is 0 Å². The number of hydrogen-bond acceptors (Lipinski definition) is 5. The summed E-state index contributed by atoms with van der Waals surface area (Å²) < 4.78 is 1.05. The fourth-order valence-corrected chi connectivity index (χ4v) is 2.99. The van der Waals surface area contributed by atoms with E-state index in [1.54, 1.807) is 18.4 Å². The van der Waals surface area contributed by atoms with E-state index in [1.807, 2.05) is 17.5 Å². The van der Waals surface area contributed by atoms with Gasteiger partial charge in [0.2, 0.25) is 0 Å². The second-order valence-corrected chi connectivity index (χ2v) is 5.77. The SMILES string of the molecule is CNc1cc(NCc2cc(Br)cs2)cc([N+](=O)[O-])c1. The number of nitro benzene ring substituents is 1. The smallest absolute Gasteiger partial charge is 0.273 e.